The minimum absolute atomic E-state index is 0.264. The van der Waals surface area contributed by atoms with E-state index < -0.39 is 21.9 Å². The third-order valence-corrected chi connectivity index (χ3v) is 2.67. The van der Waals surface area contributed by atoms with Crippen molar-refractivity contribution < 1.29 is 4.92 Å². The van der Waals surface area contributed by atoms with Crippen LogP contribution in [0.2, 0.25) is 0 Å². The summed E-state index contributed by atoms with van der Waals surface area (Å²) < 4.78 is 1.13. The molecule has 19 heavy (non-hydrogen) atoms. The number of benzene rings is 1. The van der Waals surface area contributed by atoms with Crippen LogP contribution in [0.5, 0.6) is 0 Å². The highest BCUT2D eigenvalue weighted by atomic mass is 16.6. The number of hydrogen-bond acceptors (Lipinski definition) is 4. The average molecular weight is 261 g/mol. The monoisotopic (exact) mass is 261 g/mol. The third-order valence-electron chi connectivity index (χ3n) is 2.67. The number of nitrogens with one attached hydrogen (secondary N) is 1. The normalized spacial score (nSPS) is 10.3. The van der Waals surface area contributed by atoms with E-state index in [0.29, 0.717) is 6.42 Å². The fourth-order valence-corrected chi connectivity index (χ4v) is 1.69. The Morgan fingerprint density at radius 1 is 1.21 bits per heavy atom. The van der Waals surface area contributed by atoms with Gasteiger partial charge in [-0.05, 0) is 12.0 Å². The Labute approximate surface area is 107 Å². The smallest absolute Gasteiger partial charge is 0.293 e. The van der Waals surface area contributed by atoms with Crippen molar-refractivity contribution in [2.75, 3.05) is 0 Å². The number of aryl methyl sites for hydroxylation is 2. The summed E-state index contributed by atoms with van der Waals surface area (Å²) >= 11 is 0. The van der Waals surface area contributed by atoms with Crippen molar-refractivity contribution in [3.63, 3.8) is 0 Å². The maximum Gasteiger partial charge on any atom is 0.350 e. The fourth-order valence-electron chi connectivity index (χ4n) is 1.69. The summed E-state index contributed by atoms with van der Waals surface area (Å²) in [7, 11) is 0. The minimum atomic E-state index is -0.981. The van der Waals surface area contributed by atoms with Crippen LogP contribution < -0.4 is 11.2 Å². The molecule has 0 radical (unpaired) electrons. The highest BCUT2D eigenvalue weighted by Gasteiger charge is 2.14. The molecule has 0 bridgehead atoms. The summed E-state index contributed by atoms with van der Waals surface area (Å²) in [5.74, 6) is 0. The van der Waals surface area contributed by atoms with Crippen molar-refractivity contribution in [2.24, 2.45) is 0 Å². The first-order valence-electron chi connectivity index (χ1n) is 5.60. The molecule has 1 aromatic heterocycles. The molecular formula is C12H11N3O4. The molecule has 0 aliphatic rings. The van der Waals surface area contributed by atoms with E-state index in [0.717, 1.165) is 16.3 Å². The Balaban J connectivity index is 2.26. The van der Waals surface area contributed by atoms with Gasteiger partial charge in [-0.2, -0.15) is 0 Å². The minimum Gasteiger partial charge on any atom is -0.293 e. The molecule has 0 saturated carbocycles. The van der Waals surface area contributed by atoms with Gasteiger partial charge in [-0.25, -0.2) is 4.79 Å². The van der Waals surface area contributed by atoms with E-state index in [1.165, 1.54) is 0 Å². The quantitative estimate of drug-likeness (QED) is 0.646. The standard InChI is InChI=1S/C12H11N3O4/c16-11-10(15(18)19)8-14(12(17)13-11)7-6-9-4-2-1-3-5-9/h1-5,8H,6-7H2,(H,13,16,17). The lowest BCUT2D eigenvalue weighted by Crippen LogP contribution is -2.31. The van der Waals surface area contributed by atoms with Crippen molar-refractivity contribution >= 4 is 5.69 Å². The molecule has 98 valence electrons. The van der Waals surface area contributed by atoms with Crippen LogP contribution in [0.25, 0.3) is 0 Å². The molecule has 0 spiro atoms. The summed E-state index contributed by atoms with van der Waals surface area (Å²) in [5.41, 5.74) is -1.26. The van der Waals surface area contributed by atoms with Crippen LogP contribution in [0.15, 0.2) is 46.1 Å². The second kappa shape index (κ2) is 5.30. The van der Waals surface area contributed by atoms with E-state index in [1.807, 2.05) is 35.3 Å². The highest BCUT2D eigenvalue weighted by Crippen LogP contribution is 2.03. The lowest BCUT2D eigenvalue weighted by atomic mass is 10.1. The van der Waals surface area contributed by atoms with Gasteiger partial charge < -0.3 is 0 Å². The predicted molar refractivity (Wildman–Crippen MR) is 68.1 cm³/mol. The van der Waals surface area contributed by atoms with Crippen LogP contribution in [-0.2, 0) is 13.0 Å². The highest BCUT2D eigenvalue weighted by molar-refractivity contribution is 5.21. The molecule has 7 heteroatoms. The molecule has 0 saturated heterocycles. The number of aromatic amines is 1. The zero-order valence-electron chi connectivity index (χ0n) is 9.91. The molecule has 1 aromatic carbocycles. The second-order valence-corrected chi connectivity index (χ2v) is 3.96. The summed E-state index contributed by atoms with van der Waals surface area (Å²) in [5, 5.41) is 10.6. The molecule has 2 rings (SSSR count). The predicted octanol–water partition coefficient (Wildman–Crippen LogP) is 0.687. The number of rotatable bonds is 4. The molecule has 0 fully saturated rings. The number of H-pyrrole nitrogens is 1. The van der Waals surface area contributed by atoms with Gasteiger partial charge in [0.25, 0.3) is 0 Å². The first-order valence-corrected chi connectivity index (χ1v) is 5.60. The van der Waals surface area contributed by atoms with E-state index in [9.17, 15) is 19.7 Å². The first kappa shape index (κ1) is 12.7. The molecule has 7 nitrogen and oxygen atoms in total. The van der Waals surface area contributed by atoms with Gasteiger partial charge in [-0.1, -0.05) is 30.3 Å². The van der Waals surface area contributed by atoms with Crippen LogP contribution in [0.3, 0.4) is 0 Å². The summed E-state index contributed by atoms with van der Waals surface area (Å²) in [6, 6.07) is 9.40. The SMILES string of the molecule is O=c1[nH]c(=O)n(CCc2ccccc2)cc1[N+](=O)[O-]. The van der Waals surface area contributed by atoms with Gasteiger partial charge in [0, 0.05) is 6.54 Å². The summed E-state index contributed by atoms with van der Waals surface area (Å²) in [6.07, 6.45) is 1.52. The topological polar surface area (TPSA) is 98.0 Å². The maximum atomic E-state index is 11.5. The van der Waals surface area contributed by atoms with Crippen molar-refractivity contribution in [2.45, 2.75) is 13.0 Å². The van der Waals surface area contributed by atoms with E-state index in [2.05, 4.69) is 0 Å². The number of hydrogen-bond donors (Lipinski definition) is 1. The summed E-state index contributed by atoms with van der Waals surface area (Å²) in [4.78, 5) is 34.5. The van der Waals surface area contributed by atoms with Gasteiger partial charge in [-0.15, -0.1) is 0 Å². The Hall–Kier alpha value is -2.70. The van der Waals surface area contributed by atoms with Gasteiger partial charge >= 0.3 is 16.9 Å². The fraction of sp³-hybridized carbons (Fsp3) is 0.167. The van der Waals surface area contributed by atoms with Gasteiger partial charge in [0.2, 0.25) is 0 Å². The van der Waals surface area contributed by atoms with E-state index >= 15 is 0 Å². The zero-order valence-corrected chi connectivity index (χ0v) is 9.91. The Bertz CT molecular complexity index is 703. The van der Waals surface area contributed by atoms with E-state index in [4.69, 9.17) is 0 Å². The molecule has 0 atom stereocenters. The molecule has 0 amide bonds. The maximum absolute atomic E-state index is 11.5. The van der Waals surface area contributed by atoms with Crippen molar-refractivity contribution in [1.29, 1.82) is 0 Å². The Kier molecular flexibility index (Phi) is 3.56. The van der Waals surface area contributed by atoms with Crippen LogP contribution in [0.1, 0.15) is 5.56 Å². The second-order valence-electron chi connectivity index (χ2n) is 3.96. The first-order chi connectivity index (χ1) is 9.08. The Morgan fingerprint density at radius 2 is 1.89 bits per heavy atom. The van der Waals surface area contributed by atoms with Crippen molar-refractivity contribution in [3.05, 3.63) is 73.0 Å². The third kappa shape index (κ3) is 2.95. The van der Waals surface area contributed by atoms with Crippen molar-refractivity contribution in [3.8, 4) is 0 Å². The molecule has 1 heterocycles. The number of nitro groups is 1. The molecule has 1 N–H and O–H groups in total. The van der Waals surface area contributed by atoms with E-state index in [1.54, 1.807) is 0 Å². The zero-order chi connectivity index (χ0) is 13.8. The van der Waals surface area contributed by atoms with Crippen LogP contribution in [0.4, 0.5) is 5.69 Å². The number of aromatic nitrogens is 2. The lowest BCUT2D eigenvalue weighted by molar-refractivity contribution is -0.386. The van der Waals surface area contributed by atoms with Crippen molar-refractivity contribution in [1.82, 2.24) is 9.55 Å². The Morgan fingerprint density at radius 3 is 2.53 bits per heavy atom. The molecule has 0 aliphatic heterocycles. The van der Waals surface area contributed by atoms with Crippen LogP contribution >= 0.6 is 0 Å². The van der Waals surface area contributed by atoms with Gasteiger partial charge in [0.15, 0.2) is 0 Å². The lowest BCUT2D eigenvalue weighted by Gasteiger charge is -2.04. The van der Waals surface area contributed by atoms with Gasteiger partial charge in [-0.3, -0.25) is 24.5 Å². The molecule has 2 aromatic rings. The molecule has 0 unspecified atom stereocenters. The number of nitrogens with zero attached hydrogens (tertiary/aromatic N) is 2. The molecular weight excluding hydrogens is 250 g/mol. The largest absolute Gasteiger partial charge is 0.350 e. The molecule has 0 aliphatic carbocycles. The van der Waals surface area contributed by atoms with Crippen LogP contribution in [0, 0.1) is 10.1 Å². The average Bonchev–Trinajstić information content (AvgIpc) is 2.38. The van der Waals surface area contributed by atoms with Crippen LogP contribution in [-0.4, -0.2) is 14.5 Å². The summed E-state index contributed by atoms with van der Waals surface area (Å²) in [6.45, 7) is 0.264. The van der Waals surface area contributed by atoms with Gasteiger partial charge in [0.05, 0.1) is 11.1 Å². The van der Waals surface area contributed by atoms with Gasteiger partial charge in [0.1, 0.15) is 0 Å². The van der Waals surface area contributed by atoms with E-state index in [-0.39, 0.29) is 6.54 Å².